The van der Waals surface area contributed by atoms with E-state index in [4.69, 9.17) is 4.74 Å². The molecule has 1 aliphatic rings. The molecule has 1 aromatic carbocycles. The molecule has 0 amide bonds. The average Bonchev–Trinajstić information content (AvgIpc) is 3.23. The van der Waals surface area contributed by atoms with Crippen molar-refractivity contribution in [1.82, 2.24) is 19.6 Å². The molecular weight excluding hydrogens is 360 g/mol. The van der Waals surface area contributed by atoms with Crippen LogP contribution in [0.2, 0.25) is 0 Å². The molecule has 132 valence electrons. The van der Waals surface area contributed by atoms with Crippen LogP contribution in [0.3, 0.4) is 0 Å². The van der Waals surface area contributed by atoms with Crippen LogP contribution in [0, 0.1) is 0 Å². The molecule has 7 heteroatoms. The molecule has 1 unspecified atom stereocenters. The van der Waals surface area contributed by atoms with E-state index in [-0.39, 0.29) is 11.7 Å². The van der Waals surface area contributed by atoms with E-state index in [2.05, 4.69) is 21.1 Å². The van der Waals surface area contributed by atoms with Crippen molar-refractivity contribution in [2.75, 3.05) is 0 Å². The summed E-state index contributed by atoms with van der Waals surface area (Å²) in [5, 5.41) is 4.34. The van der Waals surface area contributed by atoms with Gasteiger partial charge in [-0.05, 0) is 42.8 Å². The Morgan fingerprint density at radius 1 is 1.22 bits per heavy atom. The van der Waals surface area contributed by atoms with Crippen molar-refractivity contribution in [3.8, 4) is 17.1 Å². The summed E-state index contributed by atoms with van der Waals surface area (Å²) in [4.78, 5) is 21.9. The van der Waals surface area contributed by atoms with Gasteiger partial charge >= 0.3 is 0 Å². The Kier molecular flexibility index (Phi) is 3.61. The maximum atomic E-state index is 12.8. The molecule has 27 heavy (non-hydrogen) atoms. The van der Waals surface area contributed by atoms with Crippen LogP contribution < -0.4 is 14.8 Å². The lowest BCUT2D eigenvalue weighted by Gasteiger charge is -2.22. The maximum absolute atomic E-state index is 12.8. The largest absolute Gasteiger partial charge is 0.485 e. The van der Waals surface area contributed by atoms with Crippen molar-refractivity contribution in [2.24, 2.45) is 0 Å². The Labute approximate surface area is 158 Å². The molecule has 0 fully saturated rings. The normalized spacial score (nSPS) is 16.9. The molecule has 0 radical (unpaired) electrons. The van der Waals surface area contributed by atoms with E-state index < -0.39 is 0 Å². The summed E-state index contributed by atoms with van der Waals surface area (Å²) in [6, 6.07) is 11.5. The smallest absolute Gasteiger partial charge is 0.291 e. The number of rotatable bonds is 2. The van der Waals surface area contributed by atoms with Gasteiger partial charge in [0.25, 0.3) is 5.56 Å². The fourth-order valence-electron chi connectivity index (χ4n) is 3.02. The number of aromatic nitrogens is 4. The Hall–Kier alpha value is -3.32. The SMILES string of the molecule is CC1Oc2ccccc2C=C1C=c1sc2nc(-c3cccnc3)nn2c1=O. The zero-order valence-corrected chi connectivity index (χ0v) is 15.2. The monoisotopic (exact) mass is 374 g/mol. The fourth-order valence-corrected chi connectivity index (χ4v) is 3.93. The van der Waals surface area contributed by atoms with Gasteiger partial charge in [0.2, 0.25) is 4.96 Å². The highest BCUT2D eigenvalue weighted by Crippen LogP contribution is 2.29. The second-order valence-electron chi connectivity index (χ2n) is 6.23. The predicted molar refractivity (Wildman–Crippen MR) is 105 cm³/mol. The average molecular weight is 374 g/mol. The summed E-state index contributed by atoms with van der Waals surface area (Å²) >= 11 is 1.32. The first-order valence-corrected chi connectivity index (χ1v) is 9.30. The van der Waals surface area contributed by atoms with Gasteiger partial charge in [0.1, 0.15) is 11.9 Å². The number of benzene rings is 1. The lowest BCUT2D eigenvalue weighted by atomic mass is 10.0. The maximum Gasteiger partial charge on any atom is 0.291 e. The minimum Gasteiger partial charge on any atom is -0.485 e. The van der Waals surface area contributed by atoms with Crippen LogP contribution in [0.4, 0.5) is 0 Å². The third-order valence-electron chi connectivity index (χ3n) is 4.41. The number of fused-ring (bicyclic) bond motifs is 2. The summed E-state index contributed by atoms with van der Waals surface area (Å²) in [5.74, 6) is 1.36. The molecule has 1 aliphatic heterocycles. The number of nitrogens with zero attached hydrogens (tertiary/aromatic N) is 4. The summed E-state index contributed by atoms with van der Waals surface area (Å²) in [6.07, 6.45) is 7.16. The number of thiazole rings is 1. The highest BCUT2D eigenvalue weighted by atomic mass is 32.1. The minimum atomic E-state index is -0.176. The van der Waals surface area contributed by atoms with Gasteiger partial charge in [0, 0.05) is 23.5 Å². The number of pyridine rings is 1. The molecule has 0 bridgehead atoms. The standard InChI is InChI=1S/C20H14N4O2S/c1-12-15(9-13-5-2-3-7-16(13)26-12)10-17-19(25)24-20(27-17)22-18(23-24)14-6-4-8-21-11-14/h2-12H,1H3. The van der Waals surface area contributed by atoms with Crippen LogP contribution >= 0.6 is 11.3 Å². The Morgan fingerprint density at radius 3 is 2.93 bits per heavy atom. The van der Waals surface area contributed by atoms with E-state index in [1.54, 1.807) is 12.4 Å². The van der Waals surface area contributed by atoms with Crippen molar-refractivity contribution in [3.63, 3.8) is 0 Å². The van der Waals surface area contributed by atoms with E-state index in [1.807, 2.05) is 49.4 Å². The van der Waals surface area contributed by atoms with Crippen molar-refractivity contribution < 1.29 is 4.74 Å². The molecule has 3 aromatic heterocycles. The molecule has 4 aromatic rings. The summed E-state index contributed by atoms with van der Waals surface area (Å²) < 4.78 is 7.88. The molecule has 0 aliphatic carbocycles. The van der Waals surface area contributed by atoms with Crippen molar-refractivity contribution in [3.05, 3.63) is 74.8 Å². The summed E-state index contributed by atoms with van der Waals surface area (Å²) in [5.41, 5.74) is 2.56. The molecule has 0 saturated heterocycles. The molecule has 5 rings (SSSR count). The van der Waals surface area contributed by atoms with Gasteiger partial charge in [0.15, 0.2) is 5.82 Å². The minimum absolute atomic E-state index is 0.132. The third kappa shape index (κ3) is 2.72. The second kappa shape index (κ2) is 6.14. The lowest BCUT2D eigenvalue weighted by Crippen LogP contribution is -2.26. The molecule has 4 heterocycles. The first kappa shape index (κ1) is 15.9. The second-order valence-corrected chi connectivity index (χ2v) is 7.24. The molecule has 6 nitrogen and oxygen atoms in total. The fraction of sp³-hybridized carbons (Fsp3) is 0.100. The van der Waals surface area contributed by atoms with Gasteiger partial charge in [-0.25, -0.2) is 0 Å². The van der Waals surface area contributed by atoms with Crippen LogP contribution in [0.5, 0.6) is 5.75 Å². The van der Waals surface area contributed by atoms with Crippen LogP contribution in [0.15, 0.2) is 59.2 Å². The topological polar surface area (TPSA) is 69.4 Å². The van der Waals surface area contributed by atoms with E-state index in [0.717, 1.165) is 22.4 Å². The zero-order chi connectivity index (χ0) is 18.4. The van der Waals surface area contributed by atoms with Crippen LogP contribution in [-0.2, 0) is 0 Å². The predicted octanol–water partition coefficient (Wildman–Crippen LogP) is 2.58. The van der Waals surface area contributed by atoms with Gasteiger partial charge in [-0.2, -0.15) is 9.50 Å². The molecule has 1 atom stereocenters. The first-order chi connectivity index (χ1) is 13.2. The molecule has 0 spiro atoms. The number of hydrogen-bond acceptors (Lipinski definition) is 6. The summed E-state index contributed by atoms with van der Waals surface area (Å²) in [7, 11) is 0. The Morgan fingerprint density at radius 2 is 2.11 bits per heavy atom. The first-order valence-electron chi connectivity index (χ1n) is 8.48. The molecular formula is C20H14N4O2S. The van der Waals surface area contributed by atoms with Crippen molar-refractivity contribution in [1.29, 1.82) is 0 Å². The van der Waals surface area contributed by atoms with Crippen molar-refractivity contribution in [2.45, 2.75) is 13.0 Å². The quantitative estimate of drug-likeness (QED) is 0.539. The van der Waals surface area contributed by atoms with Gasteiger partial charge < -0.3 is 4.74 Å². The molecule has 0 saturated carbocycles. The van der Waals surface area contributed by atoms with Gasteiger partial charge in [-0.3, -0.25) is 9.78 Å². The highest BCUT2D eigenvalue weighted by molar-refractivity contribution is 7.15. The van der Waals surface area contributed by atoms with Crippen molar-refractivity contribution >= 4 is 28.4 Å². The van der Waals surface area contributed by atoms with Gasteiger partial charge in [-0.15, -0.1) is 5.10 Å². The number of ether oxygens (including phenoxy) is 1. The Balaban J connectivity index is 1.60. The zero-order valence-electron chi connectivity index (χ0n) is 14.4. The molecule has 0 N–H and O–H groups in total. The van der Waals surface area contributed by atoms with Gasteiger partial charge in [-0.1, -0.05) is 29.5 Å². The summed E-state index contributed by atoms with van der Waals surface area (Å²) in [6.45, 7) is 1.97. The van der Waals surface area contributed by atoms with E-state index in [9.17, 15) is 4.79 Å². The van der Waals surface area contributed by atoms with E-state index >= 15 is 0 Å². The van der Waals surface area contributed by atoms with Crippen LogP contribution in [-0.4, -0.2) is 25.7 Å². The van der Waals surface area contributed by atoms with E-state index in [0.29, 0.717) is 15.3 Å². The lowest BCUT2D eigenvalue weighted by molar-refractivity contribution is 0.259. The third-order valence-corrected chi connectivity index (χ3v) is 5.37. The van der Waals surface area contributed by atoms with Crippen LogP contribution in [0.1, 0.15) is 12.5 Å². The van der Waals surface area contributed by atoms with Gasteiger partial charge in [0.05, 0.1) is 4.53 Å². The highest BCUT2D eigenvalue weighted by Gasteiger charge is 2.18. The van der Waals surface area contributed by atoms with Crippen LogP contribution in [0.25, 0.3) is 28.5 Å². The number of para-hydroxylation sites is 1. The Bertz CT molecular complexity index is 1290. The van der Waals surface area contributed by atoms with E-state index in [1.165, 1.54) is 15.9 Å². The number of hydrogen-bond donors (Lipinski definition) is 0.